The zero-order valence-electron chi connectivity index (χ0n) is 9.54. The van der Waals surface area contributed by atoms with Crippen LogP contribution in [0.1, 0.15) is 36.5 Å². The van der Waals surface area contributed by atoms with Gasteiger partial charge in [0.25, 0.3) is 0 Å². The quantitative estimate of drug-likeness (QED) is 0.413. The van der Waals surface area contributed by atoms with Crippen LogP contribution < -0.4 is 4.74 Å². The van der Waals surface area contributed by atoms with Crippen molar-refractivity contribution in [3.8, 4) is 5.75 Å². The number of alkyl halides is 1. The Morgan fingerprint density at radius 1 is 1.25 bits per heavy atom. The molecule has 0 N–H and O–H groups in total. The molecule has 0 spiro atoms. The maximum Gasteiger partial charge on any atom is 0.163 e. The van der Waals surface area contributed by atoms with Crippen LogP contribution in [0.25, 0.3) is 0 Å². The van der Waals surface area contributed by atoms with Gasteiger partial charge in [-0.05, 0) is 38.3 Å². The molecule has 16 heavy (non-hydrogen) atoms. The second-order valence-electron chi connectivity index (χ2n) is 3.65. The van der Waals surface area contributed by atoms with Gasteiger partial charge in [0.05, 0.1) is 12.2 Å². The van der Waals surface area contributed by atoms with E-state index in [9.17, 15) is 4.79 Å². The average molecular weight is 241 g/mol. The highest BCUT2D eigenvalue weighted by atomic mass is 35.5. The lowest BCUT2D eigenvalue weighted by Crippen LogP contribution is -2.02. The van der Waals surface area contributed by atoms with Crippen LogP contribution >= 0.6 is 11.6 Å². The summed E-state index contributed by atoms with van der Waals surface area (Å²) in [5.41, 5.74) is 0.653. The number of halogens is 1. The minimum Gasteiger partial charge on any atom is -0.493 e. The molecule has 0 atom stereocenters. The first kappa shape index (κ1) is 13.0. The van der Waals surface area contributed by atoms with Crippen molar-refractivity contribution in [1.29, 1.82) is 0 Å². The molecule has 2 nitrogen and oxygen atoms in total. The summed E-state index contributed by atoms with van der Waals surface area (Å²) in [4.78, 5) is 11.3. The maximum absolute atomic E-state index is 11.3. The van der Waals surface area contributed by atoms with E-state index in [1.807, 2.05) is 18.2 Å². The summed E-state index contributed by atoms with van der Waals surface area (Å²) in [6.45, 7) is 2.19. The first-order valence-electron chi connectivity index (χ1n) is 5.54. The van der Waals surface area contributed by atoms with Gasteiger partial charge in [0.2, 0.25) is 0 Å². The van der Waals surface area contributed by atoms with Crippen LogP contribution in [-0.2, 0) is 0 Å². The molecule has 0 aromatic heterocycles. The predicted molar refractivity (Wildman–Crippen MR) is 66.5 cm³/mol. The van der Waals surface area contributed by atoms with Crippen molar-refractivity contribution in [3.05, 3.63) is 29.8 Å². The number of carbonyl (C=O) groups excluding carboxylic acids is 1. The topological polar surface area (TPSA) is 26.3 Å². The number of ether oxygens (including phenoxy) is 1. The van der Waals surface area contributed by atoms with Gasteiger partial charge in [-0.25, -0.2) is 0 Å². The van der Waals surface area contributed by atoms with Crippen LogP contribution in [0.2, 0.25) is 0 Å². The van der Waals surface area contributed by atoms with Gasteiger partial charge >= 0.3 is 0 Å². The Morgan fingerprint density at radius 3 is 2.69 bits per heavy atom. The van der Waals surface area contributed by atoms with Crippen molar-refractivity contribution in [2.45, 2.75) is 26.2 Å². The van der Waals surface area contributed by atoms with Crippen LogP contribution in [0.5, 0.6) is 5.75 Å². The Balaban J connectivity index is 2.44. The van der Waals surface area contributed by atoms with Crippen LogP contribution in [0.15, 0.2) is 24.3 Å². The highest BCUT2D eigenvalue weighted by Crippen LogP contribution is 2.18. The Hall–Kier alpha value is -1.02. The Bertz CT molecular complexity index is 336. The van der Waals surface area contributed by atoms with Gasteiger partial charge in [-0.3, -0.25) is 4.79 Å². The summed E-state index contributed by atoms with van der Waals surface area (Å²) in [7, 11) is 0. The third-order valence-electron chi connectivity index (χ3n) is 2.30. The van der Waals surface area contributed by atoms with Crippen molar-refractivity contribution in [2.75, 3.05) is 12.5 Å². The summed E-state index contributed by atoms with van der Waals surface area (Å²) in [6, 6.07) is 7.34. The number of para-hydroxylation sites is 1. The molecule has 0 aliphatic carbocycles. The number of hydrogen-bond donors (Lipinski definition) is 0. The molecular weight excluding hydrogens is 224 g/mol. The normalized spacial score (nSPS) is 10.1. The van der Waals surface area contributed by atoms with Gasteiger partial charge in [0.1, 0.15) is 5.75 Å². The minimum absolute atomic E-state index is 0.0383. The monoisotopic (exact) mass is 240 g/mol. The van der Waals surface area contributed by atoms with Crippen molar-refractivity contribution in [3.63, 3.8) is 0 Å². The third-order valence-corrected chi connectivity index (χ3v) is 2.57. The summed E-state index contributed by atoms with van der Waals surface area (Å²) in [5.74, 6) is 1.42. The lowest BCUT2D eigenvalue weighted by atomic mass is 10.1. The molecular formula is C13H17ClO2. The Labute approximate surface area is 102 Å². The Morgan fingerprint density at radius 2 is 2.00 bits per heavy atom. The Kier molecular flexibility index (Phi) is 5.94. The lowest BCUT2D eigenvalue weighted by molar-refractivity contribution is 0.101. The second kappa shape index (κ2) is 7.29. The molecule has 0 saturated heterocycles. The fourth-order valence-electron chi connectivity index (χ4n) is 1.44. The zero-order valence-corrected chi connectivity index (χ0v) is 10.3. The van der Waals surface area contributed by atoms with Gasteiger partial charge < -0.3 is 4.74 Å². The summed E-state index contributed by atoms with van der Waals surface area (Å²) < 4.78 is 5.58. The number of carbonyl (C=O) groups is 1. The molecule has 0 fully saturated rings. The third kappa shape index (κ3) is 4.23. The van der Waals surface area contributed by atoms with E-state index in [0.29, 0.717) is 23.8 Å². The van der Waals surface area contributed by atoms with Crippen molar-refractivity contribution < 1.29 is 9.53 Å². The summed E-state index contributed by atoms with van der Waals surface area (Å²) in [5, 5.41) is 0. The molecule has 0 heterocycles. The number of rotatable bonds is 7. The highest BCUT2D eigenvalue weighted by Gasteiger charge is 2.06. The molecule has 0 aliphatic rings. The predicted octanol–water partition coefficient (Wildman–Crippen LogP) is 3.68. The van der Waals surface area contributed by atoms with E-state index < -0.39 is 0 Å². The minimum atomic E-state index is 0.0383. The first-order valence-corrected chi connectivity index (χ1v) is 6.08. The van der Waals surface area contributed by atoms with E-state index >= 15 is 0 Å². The van der Waals surface area contributed by atoms with Crippen molar-refractivity contribution in [1.82, 2.24) is 0 Å². The second-order valence-corrected chi connectivity index (χ2v) is 4.03. The summed E-state index contributed by atoms with van der Waals surface area (Å²) >= 11 is 5.58. The number of ketones is 1. The van der Waals surface area contributed by atoms with Crippen molar-refractivity contribution in [2.24, 2.45) is 0 Å². The molecule has 3 heteroatoms. The average Bonchev–Trinajstić information content (AvgIpc) is 2.29. The van der Waals surface area contributed by atoms with E-state index in [1.54, 1.807) is 13.0 Å². The van der Waals surface area contributed by atoms with E-state index in [1.165, 1.54) is 0 Å². The fraction of sp³-hybridized carbons (Fsp3) is 0.462. The first-order chi connectivity index (χ1) is 7.75. The molecule has 0 aliphatic heterocycles. The molecule has 0 radical (unpaired) electrons. The van der Waals surface area contributed by atoms with E-state index in [0.717, 1.165) is 19.3 Å². The van der Waals surface area contributed by atoms with Gasteiger partial charge in [0, 0.05) is 5.88 Å². The van der Waals surface area contributed by atoms with Gasteiger partial charge in [-0.2, -0.15) is 0 Å². The van der Waals surface area contributed by atoms with E-state index in [4.69, 9.17) is 16.3 Å². The van der Waals surface area contributed by atoms with Gasteiger partial charge in [0.15, 0.2) is 5.78 Å². The molecule has 1 rings (SSSR count). The standard InChI is InChI=1S/C13H17ClO2/c1-11(15)12-7-3-4-8-13(12)16-10-6-2-5-9-14/h3-4,7-8H,2,5-6,9-10H2,1H3. The number of benzene rings is 1. The van der Waals surface area contributed by atoms with Crippen LogP contribution in [0.3, 0.4) is 0 Å². The number of Topliss-reactive ketones (excluding diaryl/α,β-unsaturated/α-hetero) is 1. The van der Waals surface area contributed by atoms with Crippen LogP contribution in [0, 0.1) is 0 Å². The molecule has 1 aromatic rings. The van der Waals surface area contributed by atoms with Gasteiger partial charge in [-0.1, -0.05) is 12.1 Å². The molecule has 0 bridgehead atoms. The van der Waals surface area contributed by atoms with Crippen molar-refractivity contribution >= 4 is 17.4 Å². The molecule has 88 valence electrons. The molecule has 0 amide bonds. The zero-order chi connectivity index (χ0) is 11.8. The highest BCUT2D eigenvalue weighted by molar-refractivity contribution is 6.17. The lowest BCUT2D eigenvalue weighted by Gasteiger charge is -2.08. The largest absolute Gasteiger partial charge is 0.493 e. The smallest absolute Gasteiger partial charge is 0.163 e. The number of hydrogen-bond acceptors (Lipinski definition) is 2. The SMILES string of the molecule is CC(=O)c1ccccc1OCCCCCCl. The molecule has 0 saturated carbocycles. The van der Waals surface area contributed by atoms with Gasteiger partial charge in [-0.15, -0.1) is 11.6 Å². The summed E-state index contributed by atoms with van der Waals surface area (Å²) in [6.07, 6.45) is 3.05. The number of unbranched alkanes of at least 4 members (excludes halogenated alkanes) is 2. The fourth-order valence-corrected chi connectivity index (χ4v) is 1.63. The molecule has 0 unspecified atom stereocenters. The van der Waals surface area contributed by atoms with E-state index in [2.05, 4.69) is 0 Å². The van der Waals surface area contributed by atoms with E-state index in [-0.39, 0.29) is 5.78 Å². The van der Waals surface area contributed by atoms with Crippen LogP contribution in [-0.4, -0.2) is 18.3 Å². The van der Waals surface area contributed by atoms with Crippen LogP contribution in [0.4, 0.5) is 0 Å². The maximum atomic E-state index is 11.3. The molecule has 1 aromatic carbocycles.